The van der Waals surface area contributed by atoms with Crippen molar-refractivity contribution in [3.8, 4) is 33.5 Å². The highest BCUT2D eigenvalue weighted by molar-refractivity contribution is 6.13. The van der Waals surface area contributed by atoms with Crippen LogP contribution in [0.15, 0.2) is 108 Å². The average Bonchev–Trinajstić information content (AvgIpc) is 3.28. The molecule has 0 unspecified atom stereocenters. The van der Waals surface area contributed by atoms with Crippen molar-refractivity contribution in [1.29, 1.82) is 0 Å². The van der Waals surface area contributed by atoms with E-state index in [-0.39, 0.29) is 0 Å². The van der Waals surface area contributed by atoms with E-state index in [1.165, 1.54) is 0 Å². The molecule has 0 aliphatic heterocycles. The molecule has 0 saturated carbocycles. The summed E-state index contributed by atoms with van der Waals surface area (Å²) in [6.45, 7) is -0.196. The summed E-state index contributed by atoms with van der Waals surface area (Å²) < 4.78 is 33.7. The van der Waals surface area contributed by atoms with Crippen molar-refractivity contribution >= 4 is 21.9 Å². The number of hydrogen-bond donors (Lipinski definition) is 0. The smallest absolute Gasteiger partial charge is 0.216 e. The summed E-state index contributed by atoms with van der Waals surface area (Å²) in [6, 6.07) is 31.8. The van der Waals surface area contributed by atoms with Crippen LogP contribution in [-0.2, 0) is 7.05 Å². The Hall–Kier alpha value is -4.17. The highest BCUT2D eigenvalue weighted by atomic mass is 16.3. The molecule has 4 aromatic carbocycles. The van der Waals surface area contributed by atoms with Crippen molar-refractivity contribution in [2.75, 3.05) is 0 Å². The van der Waals surface area contributed by atoms with Gasteiger partial charge in [0.05, 0.1) is 5.56 Å². The Balaban J connectivity index is 1.63. The molecular weight excluding hydrogens is 414 g/mol. The van der Waals surface area contributed by atoms with Crippen LogP contribution < -0.4 is 4.57 Å². The molecule has 0 aliphatic carbocycles. The van der Waals surface area contributed by atoms with Crippen molar-refractivity contribution < 1.29 is 13.1 Å². The van der Waals surface area contributed by atoms with Gasteiger partial charge in [-0.05, 0) is 47.7 Å². The lowest BCUT2D eigenvalue weighted by molar-refractivity contribution is -0.660. The maximum atomic E-state index is 8.34. The third-order valence-corrected chi connectivity index (χ3v) is 6.60. The van der Waals surface area contributed by atoms with Crippen LogP contribution in [-0.4, -0.2) is 0 Å². The minimum absolute atomic E-state index is 0.313. The van der Waals surface area contributed by atoms with Crippen LogP contribution in [0.3, 0.4) is 0 Å². The predicted molar refractivity (Wildman–Crippen MR) is 141 cm³/mol. The van der Waals surface area contributed by atoms with Crippen LogP contribution in [0.1, 0.15) is 15.2 Å². The van der Waals surface area contributed by atoms with Gasteiger partial charge in [0.2, 0.25) is 5.69 Å². The SMILES string of the molecule is [2H]C([2H])([2H])c1cc(-c2ccccc2)ccc1-c1cccc2c1oc1c(-c3cccc[n+]3C)c(C)ccc12. The van der Waals surface area contributed by atoms with Gasteiger partial charge < -0.3 is 4.42 Å². The first-order chi connectivity index (χ1) is 17.8. The molecule has 0 bridgehead atoms. The predicted octanol–water partition coefficient (Wildman–Crippen LogP) is 8.03. The topological polar surface area (TPSA) is 17.0 Å². The van der Waals surface area contributed by atoms with Gasteiger partial charge in [-0.25, -0.2) is 4.57 Å². The minimum atomic E-state index is -2.28. The van der Waals surface area contributed by atoms with E-state index in [2.05, 4.69) is 29.7 Å². The van der Waals surface area contributed by atoms with Gasteiger partial charge in [-0.3, -0.25) is 0 Å². The number of hydrogen-bond acceptors (Lipinski definition) is 1. The van der Waals surface area contributed by atoms with E-state index in [0.717, 1.165) is 49.9 Å². The summed E-state index contributed by atoms with van der Waals surface area (Å²) in [5.41, 5.74) is 8.33. The first-order valence-corrected chi connectivity index (χ1v) is 11.4. The lowest BCUT2D eigenvalue weighted by atomic mass is 9.94. The first-order valence-electron chi connectivity index (χ1n) is 12.9. The second-order valence-corrected chi connectivity index (χ2v) is 8.74. The number of furan rings is 1. The zero-order valence-corrected chi connectivity index (χ0v) is 19.2. The van der Waals surface area contributed by atoms with E-state index in [9.17, 15) is 0 Å². The van der Waals surface area contributed by atoms with E-state index >= 15 is 0 Å². The van der Waals surface area contributed by atoms with Gasteiger partial charge >= 0.3 is 0 Å². The number of para-hydroxylation sites is 1. The number of benzene rings is 4. The Bertz CT molecular complexity index is 1780. The number of rotatable bonds is 3. The highest BCUT2D eigenvalue weighted by Gasteiger charge is 2.21. The molecule has 0 aliphatic rings. The Morgan fingerprint density at radius 1 is 0.676 bits per heavy atom. The summed E-state index contributed by atoms with van der Waals surface area (Å²) >= 11 is 0. The molecule has 2 heterocycles. The molecule has 6 aromatic rings. The number of nitrogens with zero attached hydrogens (tertiary/aromatic N) is 1. The third kappa shape index (κ3) is 3.22. The van der Waals surface area contributed by atoms with E-state index < -0.39 is 6.85 Å². The summed E-state index contributed by atoms with van der Waals surface area (Å²) in [4.78, 5) is 0. The monoisotopic (exact) mass is 443 g/mol. The molecule has 0 radical (unpaired) electrons. The van der Waals surface area contributed by atoms with Crippen molar-refractivity contribution in [2.24, 2.45) is 7.05 Å². The van der Waals surface area contributed by atoms with E-state index in [1.807, 2.05) is 86.0 Å². The lowest BCUT2D eigenvalue weighted by Crippen LogP contribution is -2.30. The number of aromatic nitrogens is 1. The lowest BCUT2D eigenvalue weighted by Gasteiger charge is -2.10. The zero-order valence-electron chi connectivity index (χ0n) is 22.2. The molecule has 2 nitrogen and oxygen atoms in total. The second kappa shape index (κ2) is 8.00. The van der Waals surface area contributed by atoms with Gasteiger partial charge in [-0.15, -0.1) is 0 Å². The molecule has 0 amide bonds. The third-order valence-electron chi connectivity index (χ3n) is 6.60. The second-order valence-electron chi connectivity index (χ2n) is 8.74. The summed E-state index contributed by atoms with van der Waals surface area (Å²) in [5.74, 6) is 0. The van der Waals surface area contributed by atoms with Crippen LogP contribution in [0.5, 0.6) is 0 Å². The molecule has 0 atom stereocenters. The molecule has 0 spiro atoms. The molecule has 2 aromatic heterocycles. The van der Waals surface area contributed by atoms with Crippen LogP contribution >= 0.6 is 0 Å². The zero-order chi connectivity index (χ0) is 25.7. The largest absolute Gasteiger partial charge is 0.454 e. The van der Waals surface area contributed by atoms with Crippen molar-refractivity contribution in [2.45, 2.75) is 13.8 Å². The Kier molecular flexibility index (Phi) is 4.08. The normalized spacial score (nSPS) is 13.1. The molecule has 6 rings (SSSR count). The fourth-order valence-electron chi connectivity index (χ4n) is 4.86. The Labute approximate surface area is 203 Å². The van der Waals surface area contributed by atoms with Crippen molar-refractivity contribution in [3.05, 3.63) is 114 Å². The van der Waals surface area contributed by atoms with Gasteiger partial charge in [-0.1, -0.05) is 78.9 Å². The fraction of sp³-hybridized carbons (Fsp3) is 0.0938. The maximum Gasteiger partial charge on any atom is 0.216 e. The molecule has 0 saturated heterocycles. The fourth-order valence-corrected chi connectivity index (χ4v) is 4.86. The Morgan fingerprint density at radius 2 is 1.50 bits per heavy atom. The summed E-state index contributed by atoms with van der Waals surface area (Å²) in [5, 5.41) is 1.98. The molecule has 0 fully saturated rings. The quantitative estimate of drug-likeness (QED) is 0.253. The number of aryl methyl sites for hydroxylation is 3. The summed E-state index contributed by atoms with van der Waals surface area (Å²) in [6.07, 6.45) is 2.03. The molecular formula is C32H26NO+. The van der Waals surface area contributed by atoms with Crippen molar-refractivity contribution in [1.82, 2.24) is 0 Å². The van der Waals surface area contributed by atoms with E-state index in [0.29, 0.717) is 16.7 Å². The van der Waals surface area contributed by atoms with E-state index in [4.69, 9.17) is 8.53 Å². The van der Waals surface area contributed by atoms with Gasteiger partial charge in [0, 0.05) is 32.6 Å². The molecule has 164 valence electrons. The van der Waals surface area contributed by atoms with Gasteiger partial charge in [0.1, 0.15) is 18.2 Å². The Morgan fingerprint density at radius 3 is 2.32 bits per heavy atom. The standard InChI is InChI=1S/C32H26NO/c1-21-15-17-28-27-13-9-12-26(25-18-16-24(20-22(25)2)23-10-5-4-6-11-23)31(27)34-32(28)30(21)29-14-7-8-19-33(29)3/h4-20H,1-3H3/q+1/i2D3. The maximum absolute atomic E-state index is 8.34. The highest BCUT2D eigenvalue weighted by Crippen LogP contribution is 2.41. The summed E-state index contributed by atoms with van der Waals surface area (Å²) in [7, 11) is 2.03. The van der Waals surface area contributed by atoms with Gasteiger partial charge in [-0.2, -0.15) is 0 Å². The van der Waals surface area contributed by atoms with Gasteiger partial charge in [0.25, 0.3) is 0 Å². The minimum Gasteiger partial charge on any atom is -0.454 e. The van der Waals surface area contributed by atoms with Crippen molar-refractivity contribution in [3.63, 3.8) is 0 Å². The van der Waals surface area contributed by atoms with Crippen LogP contribution in [0.4, 0.5) is 0 Å². The molecule has 34 heavy (non-hydrogen) atoms. The van der Waals surface area contributed by atoms with Crippen LogP contribution in [0, 0.1) is 13.8 Å². The molecule has 2 heteroatoms. The number of pyridine rings is 1. The first kappa shape index (κ1) is 17.3. The van der Waals surface area contributed by atoms with E-state index in [1.54, 1.807) is 6.07 Å². The molecule has 0 N–H and O–H groups in total. The van der Waals surface area contributed by atoms with Crippen LogP contribution in [0.25, 0.3) is 55.4 Å². The van der Waals surface area contributed by atoms with Gasteiger partial charge in [0.15, 0.2) is 6.20 Å². The van der Waals surface area contributed by atoms with Crippen LogP contribution in [0.2, 0.25) is 0 Å². The number of fused-ring (bicyclic) bond motifs is 3. The average molecular weight is 444 g/mol.